The van der Waals surface area contributed by atoms with Crippen LogP contribution >= 0.6 is 0 Å². The van der Waals surface area contributed by atoms with Crippen LogP contribution in [0.1, 0.15) is 21.6 Å². The van der Waals surface area contributed by atoms with Crippen molar-refractivity contribution in [3.63, 3.8) is 0 Å². The number of rotatable bonds is 8. The Kier molecular flexibility index (Phi) is 6.95. The molecule has 2 heterocycles. The van der Waals surface area contributed by atoms with Crippen LogP contribution < -0.4 is 16.0 Å². The van der Waals surface area contributed by atoms with E-state index in [1.807, 2.05) is 55.1 Å². The summed E-state index contributed by atoms with van der Waals surface area (Å²) < 4.78 is 0. The number of aromatic nitrogens is 3. The van der Waals surface area contributed by atoms with Gasteiger partial charge in [0.25, 0.3) is 5.91 Å². The highest BCUT2D eigenvalue weighted by molar-refractivity contribution is 5.96. The second-order valence-electron chi connectivity index (χ2n) is 7.41. The van der Waals surface area contributed by atoms with Crippen LogP contribution in [-0.4, -0.2) is 59.5 Å². The van der Waals surface area contributed by atoms with E-state index in [0.29, 0.717) is 19.6 Å². The first-order valence-electron chi connectivity index (χ1n) is 9.91. The van der Waals surface area contributed by atoms with Crippen molar-refractivity contribution in [2.24, 2.45) is 0 Å². The fourth-order valence-electron chi connectivity index (χ4n) is 3.25. The number of nitrogens with one attached hydrogen (secondary N) is 1. The van der Waals surface area contributed by atoms with E-state index in [4.69, 9.17) is 16.0 Å². The average Bonchev–Trinajstić information content (AvgIpc) is 2.76. The lowest BCUT2D eigenvalue weighted by atomic mass is 10.1. The van der Waals surface area contributed by atoms with E-state index in [1.54, 1.807) is 0 Å². The van der Waals surface area contributed by atoms with Crippen LogP contribution in [-0.2, 0) is 6.54 Å². The molecule has 3 N–H and O–H groups in total. The van der Waals surface area contributed by atoms with Crippen LogP contribution in [0.15, 0.2) is 36.7 Å². The standard InChI is InChI=1S/C22H26N8O/c1-15-5-4-6-16-13-17(14-27-22(31)19-20(24)26-9-8-25-19)21(28-18(15)16)30(3)12-11-29(2)10-7-23/h4-6,8-9,13H,10-12,14H2,1-3H3,(H2,24,26)(H,27,31). The van der Waals surface area contributed by atoms with E-state index in [-0.39, 0.29) is 18.1 Å². The Labute approximate surface area is 181 Å². The zero-order valence-electron chi connectivity index (χ0n) is 18.0. The Hall–Kier alpha value is -3.77. The second kappa shape index (κ2) is 9.82. The molecular weight excluding hydrogens is 392 g/mol. The van der Waals surface area contributed by atoms with Gasteiger partial charge < -0.3 is 16.0 Å². The largest absolute Gasteiger partial charge is 0.382 e. The fourth-order valence-corrected chi connectivity index (χ4v) is 3.25. The Morgan fingerprint density at radius 2 is 2.00 bits per heavy atom. The summed E-state index contributed by atoms with van der Waals surface area (Å²) in [4.78, 5) is 29.4. The van der Waals surface area contributed by atoms with Gasteiger partial charge >= 0.3 is 0 Å². The third kappa shape index (κ3) is 5.24. The topological polar surface area (TPSA) is 124 Å². The van der Waals surface area contributed by atoms with Gasteiger partial charge in [0.15, 0.2) is 11.5 Å². The molecule has 0 aliphatic heterocycles. The number of fused-ring (bicyclic) bond motifs is 1. The molecule has 0 radical (unpaired) electrons. The highest BCUT2D eigenvalue weighted by atomic mass is 16.1. The van der Waals surface area contributed by atoms with Crippen molar-refractivity contribution >= 4 is 28.4 Å². The first kappa shape index (κ1) is 21.9. The Balaban J connectivity index is 1.87. The van der Waals surface area contributed by atoms with E-state index in [1.165, 1.54) is 12.4 Å². The van der Waals surface area contributed by atoms with Crippen LogP contribution in [0.2, 0.25) is 0 Å². The molecule has 9 nitrogen and oxygen atoms in total. The number of carbonyl (C=O) groups is 1. The van der Waals surface area contributed by atoms with E-state index in [0.717, 1.165) is 27.8 Å². The molecule has 0 bridgehead atoms. The minimum Gasteiger partial charge on any atom is -0.382 e. The highest BCUT2D eigenvalue weighted by Crippen LogP contribution is 2.25. The molecular formula is C22H26N8O. The molecule has 0 aliphatic rings. The van der Waals surface area contributed by atoms with Crippen molar-refractivity contribution in [3.05, 3.63) is 53.5 Å². The Morgan fingerprint density at radius 3 is 2.74 bits per heavy atom. The minimum absolute atomic E-state index is 0.0881. The van der Waals surface area contributed by atoms with Gasteiger partial charge in [-0.1, -0.05) is 18.2 Å². The molecule has 1 aromatic carbocycles. The predicted molar refractivity (Wildman–Crippen MR) is 120 cm³/mol. The number of benzene rings is 1. The Morgan fingerprint density at radius 1 is 1.23 bits per heavy atom. The monoisotopic (exact) mass is 418 g/mol. The average molecular weight is 419 g/mol. The molecule has 0 atom stereocenters. The molecule has 0 spiro atoms. The summed E-state index contributed by atoms with van der Waals surface area (Å²) in [5.74, 6) is 0.474. The number of hydrogen-bond donors (Lipinski definition) is 2. The number of anilines is 2. The zero-order valence-corrected chi connectivity index (χ0v) is 18.0. The first-order chi connectivity index (χ1) is 14.9. The van der Waals surface area contributed by atoms with Crippen LogP contribution in [0, 0.1) is 18.3 Å². The number of nitrogens with two attached hydrogens (primary N) is 1. The molecule has 3 aromatic rings. The molecule has 0 saturated carbocycles. The number of pyridine rings is 1. The first-order valence-corrected chi connectivity index (χ1v) is 9.91. The van der Waals surface area contributed by atoms with E-state index < -0.39 is 5.91 Å². The van der Waals surface area contributed by atoms with Gasteiger partial charge in [0.1, 0.15) is 5.82 Å². The smallest absolute Gasteiger partial charge is 0.273 e. The van der Waals surface area contributed by atoms with Crippen molar-refractivity contribution in [1.29, 1.82) is 5.26 Å². The molecule has 9 heteroatoms. The van der Waals surface area contributed by atoms with Crippen molar-refractivity contribution in [1.82, 2.24) is 25.2 Å². The lowest BCUT2D eigenvalue weighted by molar-refractivity contribution is 0.0946. The maximum atomic E-state index is 12.6. The normalized spacial score (nSPS) is 10.8. The number of hydrogen-bond acceptors (Lipinski definition) is 8. The van der Waals surface area contributed by atoms with E-state index in [9.17, 15) is 4.79 Å². The summed E-state index contributed by atoms with van der Waals surface area (Å²) in [6.07, 6.45) is 2.88. The van der Waals surface area contributed by atoms with Gasteiger partial charge in [-0.05, 0) is 25.6 Å². The van der Waals surface area contributed by atoms with Crippen LogP contribution in [0.25, 0.3) is 10.9 Å². The fraction of sp³-hybridized carbons (Fsp3) is 0.318. The molecule has 0 saturated heterocycles. The summed E-state index contributed by atoms with van der Waals surface area (Å²) in [6, 6.07) is 10.2. The van der Waals surface area contributed by atoms with Gasteiger partial charge in [-0.2, -0.15) is 5.26 Å². The molecule has 0 fully saturated rings. The van der Waals surface area contributed by atoms with Gasteiger partial charge in [-0.3, -0.25) is 9.69 Å². The Bertz CT molecular complexity index is 1120. The number of nitrogens with zero attached hydrogens (tertiary/aromatic N) is 6. The lowest BCUT2D eigenvalue weighted by Gasteiger charge is -2.24. The van der Waals surface area contributed by atoms with Gasteiger partial charge in [-0.25, -0.2) is 15.0 Å². The van der Waals surface area contributed by atoms with Crippen molar-refractivity contribution in [2.45, 2.75) is 13.5 Å². The number of carbonyl (C=O) groups excluding carboxylic acids is 1. The summed E-state index contributed by atoms with van der Waals surface area (Å²) in [6.45, 7) is 4.04. The van der Waals surface area contributed by atoms with Crippen LogP contribution in [0.3, 0.4) is 0 Å². The number of nitrogen functional groups attached to an aromatic ring is 1. The summed E-state index contributed by atoms with van der Waals surface area (Å²) in [7, 11) is 3.86. The highest BCUT2D eigenvalue weighted by Gasteiger charge is 2.16. The molecule has 31 heavy (non-hydrogen) atoms. The molecule has 2 aromatic heterocycles. The third-order valence-corrected chi connectivity index (χ3v) is 5.00. The van der Waals surface area contributed by atoms with Gasteiger partial charge in [0.2, 0.25) is 0 Å². The molecule has 160 valence electrons. The second-order valence-corrected chi connectivity index (χ2v) is 7.41. The quantitative estimate of drug-likeness (QED) is 0.530. The number of aryl methyl sites for hydroxylation is 1. The summed E-state index contributed by atoms with van der Waals surface area (Å²) >= 11 is 0. The van der Waals surface area contributed by atoms with E-state index >= 15 is 0 Å². The van der Waals surface area contributed by atoms with E-state index in [2.05, 4.69) is 21.4 Å². The zero-order chi connectivity index (χ0) is 22.4. The van der Waals surface area contributed by atoms with Gasteiger partial charge in [0, 0.05) is 50.0 Å². The maximum absolute atomic E-state index is 12.6. The number of likely N-dealkylation sites (N-methyl/N-ethyl adjacent to an activating group) is 2. The molecule has 1 amide bonds. The molecule has 0 aliphatic carbocycles. The van der Waals surface area contributed by atoms with Crippen LogP contribution in [0.5, 0.6) is 0 Å². The van der Waals surface area contributed by atoms with Crippen molar-refractivity contribution in [2.75, 3.05) is 44.4 Å². The summed E-state index contributed by atoms with van der Waals surface area (Å²) in [5, 5.41) is 12.7. The van der Waals surface area contributed by atoms with Crippen molar-refractivity contribution < 1.29 is 4.79 Å². The van der Waals surface area contributed by atoms with Gasteiger partial charge in [0.05, 0.1) is 18.1 Å². The third-order valence-electron chi connectivity index (χ3n) is 5.00. The summed E-state index contributed by atoms with van der Waals surface area (Å²) in [5.41, 5.74) is 8.74. The number of amides is 1. The number of nitriles is 1. The van der Waals surface area contributed by atoms with Gasteiger partial charge in [-0.15, -0.1) is 0 Å². The predicted octanol–water partition coefficient (Wildman–Crippen LogP) is 1.74. The molecule has 0 unspecified atom stereocenters. The van der Waals surface area contributed by atoms with Crippen LogP contribution in [0.4, 0.5) is 11.6 Å². The van der Waals surface area contributed by atoms with Crippen molar-refractivity contribution in [3.8, 4) is 6.07 Å². The SMILES string of the molecule is Cc1cccc2cc(CNC(=O)c3nccnc3N)c(N(C)CCN(C)CC#N)nc12. The number of para-hydroxylation sites is 1. The lowest BCUT2D eigenvalue weighted by Crippen LogP contribution is -2.33. The molecule has 3 rings (SSSR count). The minimum atomic E-state index is -0.391. The maximum Gasteiger partial charge on any atom is 0.273 e.